The zero-order valence-corrected chi connectivity index (χ0v) is 16.0. The second-order valence-corrected chi connectivity index (χ2v) is 7.20. The van der Waals surface area contributed by atoms with Crippen LogP contribution in [0.5, 0.6) is 0 Å². The first-order valence-corrected chi connectivity index (χ1v) is 9.11. The molecule has 0 unspecified atom stereocenters. The Kier molecular flexibility index (Phi) is 4.18. The normalized spacial score (nSPS) is 12.8. The summed E-state index contributed by atoms with van der Waals surface area (Å²) in [5, 5.41) is 8.45. The predicted octanol–water partition coefficient (Wildman–Crippen LogP) is 3.59. The smallest absolute Gasteiger partial charge is 0.273 e. The third kappa shape index (κ3) is 2.87. The van der Waals surface area contributed by atoms with Gasteiger partial charge in [0.25, 0.3) is 5.91 Å². The molecule has 0 saturated heterocycles. The summed E-state index contributed by atoms with van der Waals surface area (Å²) in [4.78, 5) is 17.8. The minimum Gasteiger partial charge on any atom is -0.340 e. The Bertz CT molecular complexity index is 1140. The molecular weight excluding hydrogens is 338 g/mol. The van der Waals surface area contributed by atoms with Gasteiger partial charge in [0.05, 0.1) is 22.6 Å². The number of aryl methyl sites for hydroxylation is 2. The molecule has 4 aromatic rings. The highest BCUT2D eigenvalue weighted by molar-refractivity contribution is 6.05. The number of benzene rings is 2. The summed E-state index contributed by atoms with van der Waals surface area (Å²) in [6, 6.07) is 15.5. The molecule has 2 aromatic carbocycles. The monoisotopic (exact) mass is 361 g/mol. The van der Waals surface area contributed by atoms with Gasteiger partial charge in [-0.25, -0.2) is 4.98 Å². The molecule has 2 aromatic heterocycles. The lowest BCUT2D eigenvalue weighted by atomic mass is 10.0. The number of rotatable bonds is 4. The third-order valence-corrected chi connectivity index (χ3v) is 5.03. The second kappa shape index (κ2) is 6.54. The number of nitrogens with one attached hydrogen (secondary N) is 1. The van der Waals surface area contributed by atoms with Gasteiger partial charge in [0.15, 0.2) is 5.69 Å². The minimum absolute atomic E-state index is 0.180. The number of nitrogens with zero attached hydrogens (tertiary/aromatic N) is 4. The summed E-state index contributed by atoms with van der Waals surface area (Å²) < 4.78 is 3.79. The Balaban J connectivity index is 1.73. The van der Waals surface area contributed by atoms with Gasteiger partial charge in [0.1, 0.15) is 5.82 Å². The van der Waals surface area contributed by atoms with Crippen molar-refractivity contribution in [3.05, 3.63) is 60.0 Å². The van der Waals surface area contributed by atoms with E-state index in [2.05, 4.69) is 28.8 Å². The SMILES string of the molecule is CC(C)[C@@H](NC(=O)c1nn(C)c2ccccc12)c1nc2ccccc2n1C. The zero-order chi connectivity index (χ0) is 19.1. The molecule has 0 radical (unpaired) electrons. The van der Waals surface area contributed by atoms with Gasteiger partial charge in [0.2, 0.25) is 0 Å². The van der Waals surface area contributed by atoms with Crippen LogP contribution in [0.4, 0.5) is 0 Å². The summed E-state index contributed by atoms with van der Waals surface area (Å²) in [5.41, 5.74) is 3.36. The topological polar surface area (TPSA) is 64.7 Å². The molecule has 0 aliphatic carbocycles. The van der Waals surface area contributed by atoms with Crippen LogP contribution < -0.4 is 5.32 Å². The number of fused-ring (bicyclic) bond motifs is 2. The third-order valence-electron chi connectivity index (χ3n) is 5.03. The maximum Gasteiger partial charge on any atom is 0.273 e. The Hall–Kier alpha value is -3.15. The molecule has 6 heteroatoms. The second-order valence-electron chi connectivity index (χ2n) is 7.20. The molecule has 1 amide bonds. The highest BCUT2D eigenvalue weighted by atomic mass is 16.2. The molecule has 1 atom stereocenters. The molecule has 1 N–H and O–H groups in total. The van der Waals surface area contributed by atoms with E-state index in [9.17, 15) is 4.79 Å². The Labute approximate surface area is 157 Å². The van der Waals surface area contributed by atoms with Crippen molar-refractivity contribution in [1.82, 2.24) is 24.6 Å². The largest absolute Gasteiger partial charge is 0.340 e. The number of amides is 1. The molecule has 0 saturated carbocycles. The highest BCUT2D eigenvalue weighted by Crippen LogP contribution is 2.26. The van der Waals surface area contributed by atoms with Crippen molar-refractivity contribution in [3.8, 4) is 0 Å². The van der Waals surface area contributed by atoms with Crippen molar-refractivity contribution in [2.24, 2.45) is 20.0 Å². The first-order valence-electron chi connectivity index (χ1n) is 9.11. The van der Waals surface area contributed by atoms with E-state index in [0.717, 1.165) is 27.8 Å². The van der Waals surface area contributed by atoms with E-state index in [1.807, 2.05) is 62.6 Å². The first kappa shape index (κ1) is 17.3. The van der Waals surface area contributed by atoms with Gasteiger partial charge in [-0.2, -0.15) is 5.10 Å². The highest BCUT2D eigenvalue weighted by Gasteiger charge is 2.26. The van der Waals surface area contributed by atoms with Crippen LogP contribution in [0.15, 0.2) is 48.5 Å². The maximum absolute atomic E-state index is 13.1. The van der Waals surface area contributed by atoms with E-state index in [-0.39, 0.29) is 17.9 Å². The van der Waals surface area contributed by atoms with Gasteiger partial charge in [-0.3, -0.25) is 9.48 Å². The van der Waals surface area contributed by atoms with Crippen molar-refractivity contribution >= 4 is 27.8 Å². The average Bonchev–Trinajstić information content (AvgIpc) is 3.18. The molecule has 4 rings (SSSR count). The first-order chi connectivity index (χ1) is 13.0. The quantitative estimate of drug-likeness (QED) is 0.604. The van der Waals surface area contributed by atoms with Crippen molar-refractivity contribution < 1.29 is 4.79 Å². The molecule has 27 heavy (non-hydrogen) atoms. The van der Waals surface area contributed by atoms with Gasteiger partial charge in [-0.1, -0.05) is 44.2 Å². The van der Waals surface area contributed by atoms with E-state index in [1.54, 1.807) is 4.68 Å². The Morgan fingerprint density at radius 3 is 2.37 bits per heavy atom. The number of hydrogen-bond acceptors (Lipinski definition) is 3. The van der Waals surface area contributed by atoms with Gasteiger partial charge in [-0.05, 0) is 24.1 Å². The number of carbonyl (C=O) groups is 1. The zero-order valence-electron chi connectivity index (χ0n) is 16.0. The molecule has 0 spiro atoms. The van der Waals surface area contributed by atoms with Crippen molar-refractivity contribution in [2.45, 2.75) is 19.9 Å². The minimum atomic E-state index is -0.212. The fourth-order valence-electron chi connectivity index (χ4n) is 3.56. The standard InChI is InChI=1S/C21H23N5O/c1-13(2)18(20-22-15-10-6-8-12-17(15)25(20)3)23-21(27)19-14-9-5-7-11-16(14)26(4)24-19/h5-13,18H,1-4H3,(H,23,27)/t18-/m1/s1. The number of para-hydroxylation sites is 3. The molecule has 0 bridgehead atoms. The number of aromatic nitrogens is 4. The van der Waals surface area contributed by atoms with E-state index in [4.69, 9.17) is 4.98 Å². The lowest BCUT2D eigenvalue weighted by Crippen LogP contribution is -2.33. The van der Waals surface area contributed by atoms with Crippen LogP contribution in [0.3, 0.4) is 0 Å². The molecule has 2 heterocycles. The van der Waals surface area contributed by atoms with E-state index >= 15 is 0 Å². The van der Waals surface area contributed by atoms with Gasteiger partial charge in [0, 0.05) is 19.5 Å². The number of imidazole rings is 1. The van der Waals surface area contributed by atoms with E-state index < -0.39 is 0 Å². The summed E-state index contributed by atoms with van der Waals surface area (Å²) >= 11 is 0. The van der Waals surface area contributed by atoms with Crippen molar-refractivity contribution in [3.63, 3.8) is 0 Å². The Morgan fingerprint density at radius 2 is 1.67 bits per heavy atom. The fraction of sp³-hybridized carbons (Fsp3) is 0.286. The van der Waals surface area contributed by atoms with Crippen LogP contribution in [-0.2, 0) is 14.1 Å². The summed E-state index contributed by atoms with van der Waals surface area (Å²) in [7, 11) is 3.84. The van der Waals surface area contributed by atoms with Gasteiger partial charge >= 0.3 is 0 Å². The summed E-state index contributed by atoms with van der Waals surface area (Å²) in [5.74, 6) is 0.844. The van der Waals surface area contributed by atoms with Gasteiger partial charge < -0.3 is 9.88 Å². The fourth-order valence-corrected chi connectivity index (χ4v) is 3.56. The van der Waals surface area contributed by atoms with Crippen LogP contribution in [0.1, 0.15) is 36.2 Å². The van der Waals surface area contributed by atoms with E-state index in [1.165, 1.54) is 0 Å². The molecule has 0 aliphatic heterocycles. The Morgan fingerprint density at radius 1 is 1.00 bits per heavy atom. The van der Waals surface area contributed by atoms with Crippen LogP contribution in [0, 0.1) is 5.92 Å². The van der Waals surface area contributed by atoms with Crippen LogP contribution in [0.25, 0.3) is 21.9 Å². The van der Waals surface area contributed by atoms with Crippen molar-refractivity contribution in [2.75, 3.05) is 0 Å². The molecule has 6 nitrogen and oxygen atoms in total. The predicted molar refractivity (Wildman–Crippen MR) is 106 cm³/mol. The molecule has 138 valence electrons. The van der Waals surface area contributed by atoms with Crippen LogP contribution in [0.2, 0.25) is 0 Å². The van der Waals surface area contributed by atoms with Crippen LogP contribution >= 0.6 is 0 Å². The molecule has 0 aliphatic rings. The summed E-state index contributed by atoms with van der Waals surface area (Å²) in [6.45, 7) is 4.17. The van der Waals surface area contributed by atoms with Crippen LogP contribution in [-0.4, -0.2) is 25.2 Å². The average molecular weight is 361 g/mol. The number of carbonyl (C=O) groups excluding carboxylic acids is 1. The molecular formula is C21H23N5O. The lowest BCUT2D eigenvalue weighted by Gasteiger charge is -2.21. The summed E-state index contributed by atoms with van der Waals surface area (Å²) in [6.07, 6.45) is 0. The van der Waals surface area contributed by atoms with Crippen molar-refractivity contribution in [1.29, 1.82) is 0 Å². The molecule has 0 fully saturated rings. The maximum atomic E-state index is 13.1. The van der Waals surface area contributed by atoms with E-state index in [0.29, 0.717) is 5.69 Å². The lowest BCUT2D eigenvalue weighted by molar-refractivity contribution is 0.0918. The van der Waals surface area contributed by atoms with Gasteiger partial charge in [-0.15, -0.1) is 0 Å². The number of hydrogen-bond donors (Lipinski definition) is 1.